The number of hydrogen-bond donors (Lipinski definition) is 1. The topological polar surface area (TPSA) is 59.4 Å². The molecule has 1 N–H and O–H groups in total. The van der Waals surface area contributed by atoms with Gasteiger partial charge in [0.2, 0.25) is 0 Å². The Bertz CT molecular complexity index is 535. The van der Waals surface area contributed by atoms with Gasteiger partial charge < -0.3 is 15.0 Å². The van der Waals surface area contributed by atoms with Gasteiger partial charge in [-0.3, -0.25) is 9.48 Å². The lowest BCUT2D eigenvalue weighted by atomic mass is 10.1. The highest BCUT2D eigenvalue weighted by molar-refractivity contribution is 5.96. The lowest BCUT2D eigenvalue weighted by Gasteiger charge is -2.29. The number of amides is 1. The molecule has 0 aromatic carbocycles. The molecule has 6 heteroatoms. The van der Waals surface area contributed by atoms with E-state index in [1.807, 2.05) is 9.58 Å². The molecule has 108 valence electrons. The van der Waals surface area contributed by atoms with Gasteiger partial charge in [-0.25, -0.2) is 0 Å². The summed E-state index contributed by atoms with van der Waals surface area (Å²) in [6, 6.07) is 0. The van der Waals surface area contributed by atoms with Gasteiger partial charge in [-0.15, -0.1) is 0 Å². The minimum Gasteiger partial charge on any atom is -0.380 e. The number of fused-ring (bicyclic) bond motifs is 1. The molecule has 20 heavy (non-hydrogen) atoms. The average molecular weight is 276 g/mol. The molecule has 2 fully saturated rings. The molecule has 3 aliphatic rings. The van der Waals surface area contributed by atoms with Gasteiger partial charge in [0.25, 0.3) is 5.91 Å². The van der Waals surface area contributed by atoms with Crippen molar-refractivity contribution < 1.29 is 9.53 Å². The number of nitrogens with zero attached hydrogens (tertiary/aromatic N) is 3. The summed E-state index contributed by atoms with van der Waals surface area (Å²) in [5.41, 5.74) is 1.87. The second kappa shape index (κ2) is 4.56. The van der Waals surface area contributed by atoms with Crippen LogP contribution in [0.3, 0.4) is 0 Å². The molecule has 1 spiro atoms. The van der Waals surface area contributed by atoms with E-state index < -0.39 is 0 Å². The fourth-order valence-electron chi connectivity index (χ4n) is 3.38. The van der Waals surface area contributed by atoms with Crippen molar-refractivity contribution in [3.05, 3.63) is 17.5 Å². The summed E-state index contributed by atoms with van der Waals surface area (Å²) in [6.07, 6.45) is 4.95. The van der Waals surface area contributed by atoms with Crippen LogP contribution in [0.2, 0.25) is 0 Å². The monoisotopic (exact) mass is 276 g/mol. The zero-order valence-corrected chi connectivity index (χ0v) is 11.6. The fraction of sp³-hybridized carbons (Fsp3) is 0.714. The van der Waals surface area contributed by atoms with Gasteiger partial charge >= 0.3 is 0 Å². The number of hydrogen-bond acceptors (Lipinski definition) is 4. The first kappa shape index (κ1) is 12.3. The van der Waals surface area contributed by atoms with Gasteiger partial charge in [-0.2, -0.15) is 5.10 Å². The number of nitrogens with one attached hydrogen (secondary N) is 1. The van der Waals surface area contributed by atoms with E-state index >= 15 is 0 Å². The summed E-state index contributed by atoms with van der Waals surface area (Å²) in [4.78, 5) is 15.0. The Morgan fingerprint density at radius 2 is 2.20 bits per heavy atom. The van der Waals surface area contributed by atoms with Crippen molar-refractivity contribution in [1.29, 1.82) is 0 Å². The number of rotatable bonds is 1. The van der Waals surface area contributed by atoms with Crippen LogP contribution in [0.15, 0.2) is 6.20 Å². The maximum absolute atomic E-state index is 12.9. The molecule has 0 atom stereocenters. The van der Waals surface area contributed by atoms with Crippen LogP contribution in [0.4, 0.5) is 0 Å². The van der Waals surface area contributed by atoms with Crippen LogP contribution in [0, 0.1) is 0 Å². The molecule has 1 aliphatic carbocycles. The molecule has 2 aliphatic heterocycles. The van der Waals surface area contributed by atoms with E-state index in [0.29, 0.717) is 13.2 Å². The Morgan fingerprint density at radius 3 is 3.05 bits per heavy atom. The number of carbonyl (C=O) groups is 1. The maximum Gasteiger partial charge on any atom is 0.257 e. The molecule has 0 bridgehead atoms. The van der Waals surface area contributed by atoms with Gasteiger partial charge in [0.15, 0.2) is 0 Å². The van der Waals surface area contributed by atoms with Gasteiger partial charge in [-0.1, -0.05) is 0 Å². The number of carbonyl (C=O) groups excluding carboxylic acids is 1. The van der Waals surface area contributed by atoms with Gasteiger partial charge in [0.1, 0.15) is 0 Å². The first-order chi connectivity index (χ1) is 9.80. The fourth-order valence-corrected chi connectivity index (χ4v) is 3.38. The van der Waals surface area contributed by atoms with E-state index in [4.69, 9.17) is 4.74 Å². The molecule has 1 saturated carbocycles. The van der Waals surface area contributed by atoms with Crippen LogP contribution in [-0.2, 0) is 17.8 Å². The first-order valence-corrected chi connectivity index (χ1v) is 7.45. The van der Waals surface area contributed by atoms with Gasteiger partial charge in [0, 0.05) is 31.8 Å². The van der Waals surface area contributed by atoms with Crippen molar-refractivity contribution in [2.75, 3.05) is 26.3 Å². The van der Waals surface area contributed by atoms with E-state index in [1.54, 1.807) is 6.20 Å². The molecule has 3 heterocycles. The predicted molar refractivity (Wildman–Crippen MR) is 72.4 cm³/mol. The Morgan fingerprint density at radius 1 is 1.30 bits per heavy atom. The minimum atomic E-state index is 0.0739. The molecule has 1 saturated heterocycles. The van der Waals surface area contributed by atoms with Crippen molar-refractivity contribution in [2.45, 2.75) is 37.9 Å². The first-order valence-electron chi connectivity index (χ1n) is 7.45. The van der Waals surface area contributed by atoms with E-state index in [1.165, 1.54) is 0 Å². The zero-order valence-electron chi connectivity index (χ0n) is 11.6. The van der Waals surface area contributed by atoms with E-state index in [0.717, 1.165) is 56.8 Å². The van der Waals surface area contributed by atoms with Gasteiger partial charge in [0.05, 0.1) is 30.6 Å². The second-order valence-corrected chi connectivity index (χ2v) is 5.95. The third kappa shape index (κ3) is 1.86. The Hall–Kier alpha value is -1.40. The summed E-state index contributed by atoms with van der Waals surface area (Å²) < 4.78 is 7.51. The molecule has 0 radical (unpaired) electrons. The maximum atomic E-state index is 12.9. The quantitative estimate of drug-likeness (QED) is 0.805. The molecular formula is C14H20N4O2. The van der Waals surface area contributed by atoms with Gasteiger partial charge in [-0.05, 0) is 19.3 Å². The lowest BCUT2D eigenvalue weighted by molar-refractivity contribution is 0.0647. The molecule has 4 rings (SSSR count). The van der Waals surface area contributed by atoms with Crippen molar-refractivity contribution >= 4 is 5.91 Å². The number of aromatic nitrogens is 2. The lowest BCUT2D eigenvalue weighted by Crippen LogP contribution is -2.43. The van der Waals surface area contributed by atoms with Crippen LogP contribution in [0.1, 0.15) is 35.3 Å². The van der Waals surface area contributed by atoms with E-state index in [-0.39, 0.29) is 11.4 Å². The summed E-state index contributed by atoms with van der Waals surface area (Å²) in [5.74, 6) is 0.137. The van der Waals surface area contributed by atoms with Crippen LogP contribution in [0.25, 0.3) is 0 Å². The van der Waals surface area contributed by atoms with Crippen molar-refractivity contribution in [3.63, 3.8) is 0 Å². The van der Waals surface area contributed by atoms with E-state index in [2.05, 4.69) is 10.4 Å². The average Bonchev–Trinajstić information content (AvgIpc) is 3.18. The highest BCUT2D eigenvalue weighted by Crippen LogP contribution is 2.46. The molecule has 1 aromatic heterocycles. The molecule has 0 unspecified atom stereocenters. The van der Waals surface area contributed by atoms with Crippen LogP contribution in [-0.4, -0.2) is 52.4 Å². The normalized spacial score (nSPS) is 24.3. The standard InChI is InChI=1S/C14H20N4O2/c19-13(11-9-16-18-5-4-15-10-12(11)18)17-6-8-20-7-3-14(17)1-2-14/h9,15H,1-8,10H2. The van der Waals surface area contributed by atoms with Crippen molar-refractivity contribution in [1.82, 2.24) is 20.0 Å². The summed E-state index contributed by atoms with van der Waals surface area (Å²) >= 11 is 0. The Balaban J connectivity index is 1.64. The summed E-state index contributed by atoms with van der Waals surface area (Å²) in [5, 5.41) is 7.68. The minimum absolute atomic E-state index is 0.0739. The Labute approximate surface area is 118 Å². The Kier molecular flexibility index (Phi) is 2.82. The summed E-state index contributed by atoms with van der Waals surface area (Å²) in [6.45, 7) is 4.63. The molecular weight excluding hydrogens is 256 g/mol. The smallest absolute Gasteiger partial charge is 0.257 e. The second-order valence-electron chi connectivity index (χ2n) is 5.95. The van der Waals surface area contributed by atoms with Crippen molar-refractivity contribution in [3.8, 4) is 0 Å². The largest absolute Gasteiger partial charge is 0.380 e. The molecule has 6 nitrogen and oxygen atoms in total. The summed E-state index contributed by atoms with van der Waals surface area (Å²) in [7, 11) is 0. The molecule has 1 aromatic rings. The SMILES string of the molecule is O=C(c1cnn2c1CNCC2)N1CCOCCC12CC2. The van der Waals surface area contributed by atoms with Crippen LogP contribution < -0.4 is 5.32 Å². The number of ether oxygens (including phenoxy) is 1. The molecule has 1 amide bonds. The van der Waals surface area contributed by atoms with Crippen LogP contribution in [0.5, 0.6) is 0 Å². The third-order valence-corrected chi connectivity index (χ3v) is 4.79. The zero-order chi connectivity index (χ0) is 13.6. The highest BCUT2D eigenvalue weighted by Gasteiger charge is 2.50. The van der Waals surface area contributed by atoms with Crippen molar-refractivity contribution in [2.24, 2.45) is 0 Å². The highest BCUT2D eigenvalue weighted by atomic mass is 16.5. The van der Waals surface area contributed by atoms with Crippen LogP contribution >= 0.6 is 0 Å². The van der Waals surface area contributed by atoms with E-state index in [9.17, 15) is 4.79 Å². The third-order valence-electron chi connectivity index (χ3n) is 4.79. The predicted octanol–water partition coefficient (Wildman–Crippen LogP) is 0.381.